The highest BCUT2D eigenvalue weighted by Crippen LogP contribution is 2.22. The minimum absolute atomic E-state index is 0.0108. The largest absolute Gasteiger partial charge is 0.334 e. The zero-order valence-electron chi connectivity index (χ0n) is 16.0. The van der Waals surface area contributed by atoms with Gasteiger partial charge in [-0.15, -0.1) is 0 Å². The number of nitrogens with one attached hydrogen (secondary N) is 2. The van der Waals surface area contributed by atoms with Crippen molar-refractivity contribution in [2.75, 3.05) is 18.4 Å². The van der Waals surface area contributed by atoms with Crippen LogP contribution in [-0.4, -0.2) is 43.8 Å². The van der Waals surface area contributed by atoms with Gasteiger partial charge in [-0.1, -0.05) is 12.1 Å². The first kappa shape index (κ1) is 18.0. The number of aryl methyl sites for hydroxylation is 2. The molecule has 2 N–H and O–H groups in total. The molecular weight excluding hydrogens is 354 g/mol. The molecular formula is C20H23N7O. The highest BCUT2D eigenvalue weighted by atomic mass is 16.2. The molecule has 1 fully saturated rings. The second kappa shape index (κ2) is 7.67. The lowest BCUT2D eigenvalue weighted by Gasteiger charge is -2.30. The summed E-state index contributed by atoms with van der Waals surface area (Å²) in [7, 11) is 1.86. The lowest BCUT2D eigenvalue weighted by Crippen LogP contribution is -2.47. The fourth-order valence-corrected chi connectivity index (χ4v) is 3.05. The molecule has 0 radical (unpaired) electrons. The lowest BCUT2D eigenvalue weighted by atomic mass is 10.0. The molecule has 28 heavy (non-hydrogen) atoms. The quantitative estimate of drug-likeness (QED) is 0.714. The molecule has 2 amide bonds. The Balaban J connectivity index is 1.46. The SMILES string of the molecule is Cc1cc(-c2ccnc(Nc3cnn(C)c3)n2)ccc1CNC(=O)N1CCC1. The summed E-state index contributed by atoms with van der Waals surface area (Å²) in [5, 5.41) is 10.3. The van der Waals surface area contributed by atoms with Gasteiger partial charge in [0.15, 0.2) is 0 Å². The number of hydrogen-bond acceptors (Lipinski definition) is 5. The average Bonchev–Trinajstić information content (AvgIpc) is 3.04. The molecule has 0 spiro atoms. The Hall–Kier alpha value is -3.42. The molecule has 1 aliphatic heterocycles. The Morgan fingerprint density at radius 3 is 2.79 bits per heavy atom. The van der Waals surface area contributed by atoms with E-state index in [9.17, 15) is 4.79 Å². The number of benzene rings is 1. The zero-order valence-corrected chi connectivity index (χ0v) is 16.0. The molecule has 0 atom stereocenters. The highest BCUT2D eigenvalue weighted by Gasteiger charge is 2.19. The van der Waals surface area contributed by atoms with E-state index in [0.29, 0.717) is 12.5 Å². The maximum Gasteiger partial charge on any atom is 0.317 e. The predicted octanol–water partition coefficient (Wildman–Crippen LogP) is 2.84. The van der Waals surface area contributed by atoms with Crippen LogP contribution in [0.3, 0.4) is 0 Å². The summed E-state index contributed by atoms with van der Waals surface area (Å²) in [5.41, 5.74) is 4.89. The minimum Gasteiger partial charge on any atom is -0.334 e. The monoisotopic (exact) mass is 377 g/mol. The van der Waals surface area contributed by atoms with Crippen LogP contribution >= 0.6 is 0 Å². The van der Waals surface area contributed by atoms with E-state index in [1.807, 2.05) is 43.3 Å². The van der Waals surface area contributed by atoms with Crippen molar-refractivity contribution in [1.82, 2.24) is 30.0 Å². The normalized spacial score (nSPS) is 13.1. The van der Waals surface area contributed by atoms with Gasteiger partial charge >= 0.3 is 6.03 Å². The number of carbonyl (C=O) groups is 1. The zero-order chi connectivity index (χ0) is 19.5. The van der Waals surface area contributed by atoms with Crippen LogP contribution in [0.15, 0.2) is 42.9 Å². The molecule has 2 aromatic heterocycles. The van der Waals surface area contributed by atoms with Crippen molar-refractivity contribution in [3.8, 4) is 11.3 Å². The van der Waals surface area contributed by atoms with E-state index < -0.39 is 0 Å². The van der Waals surface area contributed by atoms with Gasteiger partial charge in [-0.3, -0.25) is 4.68 Å². The second-order valence-electron chi connectivity index (χ2n) is 6.93. The summed E-state index contributed by atoms with van der Waals surface area (Å²) in [5.74, 6) is 0.522. The van der Waals surface area contributed by atoms with Crippen LogP contribution in [0.4, 0.5) is 16.4 Å². The summed E-state index contributed by atoms with van der Waals surface area (Å²) >= 11 is 0. The molecule has 1 saturated heterocycles. The van der Waals surface area contributed by atoms with Gasteiger partial charge in [-0.05, 0) is 36.6 Å². The topological polar surface area (TPSA) is 88.0 Å². The Morgan fingerprint density at radius 2 is 2.11 bits per heavy atom. The first-order chi connectivity index (χ1) is 13.6. The van der Waals surface area contributed by atoms with Crippen molar-refractivity contribution >= 4 is 17.7 Å². The number of hydrogen-bond donors (Lipinski definition) is 2. The molecule has 0 bridgehead atoms. The van der Waals surface area contributed by atoms with E-state index in [0.717, 1.165) is 47.6 Å². The summed E-state index contributed by atoms with van der Waals surface area (Å²) in [6, 6.07) is 8.04. The maximum absolute atomic E-state index is 12.0. The van der Waals surface area contributed by atoms with Crippen LogP contribution in [0.25, 0.3) is 11.3 Å². The third-order valence-electron chi connectivity index (χ3n) is 4.83. The summed E-state index contributed by atoms with van der Waals surface area (Å²) in [6.07, 6.45) is 6.42. The fourth-order valence-electron chi connectivity index (χ4n) is 3.05. The van der Waals surface area contributed by atoms with Gasteiger partial charge in [0.05, 0.1) is 17.6 Å². The molecule has 3 aromatic rings. The molecule has 4 rings (SSSR count). The summed E-state index contributed by atoms with van der Waals surface area (Å²) in [6.45, 7) is 4.28. The molecule has 1 aliphatic rings. The summed E-state index contributed by atoms with van der Waals surface area (Å²) < 4.78 is 1.72. The molecule has 8 heteroatoms. The van der Waals surface area contributed by atoms with Crippen molar-refractivity contribution in [2.45, 2.75) is 19.9 Å². The van der Waals surface area contributed by atoms with Crippen molar-refractivity contribution < 1.29 is 4.79 Å². The minimum atomic E-state index is 0.0108. The maximum atomic E-state index is 12.0. The Labute approximate surface area is 163 Å². The van der Waals surface area contributed by atoms with Crippen molar-refractivity contribution in [3.05, 3.63) is 54.0 Å². The Kier molecular flexibility index (Phi) is 4.92. The van der Waals surface area contributed by atoms with Gasteiger partial charge in [0.1, 0.15) is 0 Å². The Bertz CT molecular complexity index is 994. The number of aromatic nitrogens is 4. The van der Waals surface area contributed by atoms with Crippen molar-refractivity contribution in [2.24, 2.45) is 7.05 Å². The standard InChI is InChI=1S/C20H23N7O/c1-14-10-15(4-5-16(14)11-22-20(28)27-8-3-9-27)18-6-7-21-19(25-18)24-17-12-23-26(2)13-17/h4-7,10,12-13H,3,8-9,11H2,1-2H3,(H,22,28)(H,21,24,25). The van der Waals surface area contributed by atoms with Crippen LogP contribution in [0.5, 0.6) is 0 Å². The van der Waals surface area contributed by atoms with Crippen LogP contribution in [0, 0.1) is 6.92 Å². The van der Waals surface area contributed by atoms with E-state index in [-0.39, 0.29) is 6.03 Å². The molecule has 0 saturated carbocycles. The summed E-state index contributed by atoms with van der Waals surface area (Å²) in [4.78, 5) is 22.7. The average molecular weight is 377 g/mol. The molecule has 0 aliphatic carbocycles. The van der Waals surface area contributed by atoms with Gasteiger partial charge in [0.25, 0.3) is 0 Å². The molecule has 3 heterocycles. The van der Waals surface area contributed by atoms with Gasteiger partial charge in [0.2, 0.25) is 5.95 Å². The number of likely N-dealkylation sites (tertiary alicyclic amines) is 1. The molecule has 1 aromatic carbocycles. The highest BCUT2D eigenvalue weighted by molar-refractivity contribution is 5.75. The number of anilines is 2. The first-order valence-corrected chi connectivity index (χ1v) is 9.30. The van der Waals surface area contributed by atoms with Crippen LogP contribution in [-0.2, 0) is 13.6 Å². The third kappa shape index (κ3) is 3.95. The smallest absolute Gasteiger partial charge is 0.317 e. The van der Waals surface area contributed by atoms with Crippen LogP contribution in [0.2, 0.25) is 0 Å². The second-order valence-corrected chi connectivity index (χ2v) is 6.93. The van der Waals surface area contributed by atoms with Gasteiger partial charge in [-0.2, -0.15) is 5.10 Å². The van der Waals surface area contributed by atoms with Gasteiger partial charge in [0, 0.05) is 44.6 Å². The van der Waals surface area contributed by atoms with Crippen molar-refractivity contribution in [1.29, 1.82) is 0 Å². The molecule has 0 unspecified atom stereocenters. The van der Waals surface area contributed by atoms with Crippen molar-refractivity contribution in [3.63, 3.8) is 0 Å². The number of urea groups is 1. The number of carbonyl (C=O) groups excluding carboxylic acids is 1. The number of amides is 2. The first-order valence-electron chi connectivity index (χ1n) is 9.30. The van der Waals surface area contributed by atoms with E-state index >= 15 is 0 Å². The molecule has 144 valence electrons. The molecule has 8 nitrogen and oxygen atoms in total. The number of rotatable bonds is 5. The predicted molar refractivity (Wildman–Crippen MR) is 107 cm³/mol. The van der Waals surface area contributed by atoms with Crippen LogP contribution < -0.4 is 10.6 Å². The fraction of sp³-hybridized carbons (Fsp3) is 0.300. The van der Waals surface area contributed by atoms with E-state index in [1.54, 1.807) is 17.1 Å². The van der Waals surface area contributed by atoms with Crippen LogP contribution in [0.1, 0.15) is 17.5 Å². The number of nitrogens with zero attached hydrogens (tertiary/aromatic N) is 5. The van der Waals surface area contributed by atoms with E-state index in [4.69, 9.17) is 0 Å². The Morgan fingerprint density at radius 1 is 1.25 bits per heavy atom. The van der Waals surface area contributed by atoms with Gasteiger partial charge in [-0.25, -0.2) is 14.8 Å². The lowest BCUT2D eigenvalue weighted by molar-refractivity contribution is 0.167. The van der Waals surface area contributed by atoms with Gasteiger partial charge < -0.3 is 15.5 Å². The van der Waals surface area contributed by atoms with E-state index in [1.165, 1.54) is 0 Å². The third-order valence-corrected chi connectivity index (χ3v) is 4.83. The van der Waals surface area contributed by atoms with E-state index in [2.05, 4.69) is 31.8 Å².